The van der Waals surface area contributed by atoms with E-state index in [1.165, 1.54) is 9.80 Å². The summed E-state index contributed by atoms with van der Waals surface area (Å²) in [7, 11) is 0. The van der Waals surface area contributed by atoms with Crippen LogP contribution in [0.1, 0.15) is 112 Å². The lowest BCUT2D eigenvalue weighted by Crippen LogP contribution is -2.47. The molecule has 3 aliphatic heterocycles. The predicted octanol–water partition coefficient (Wildman–Crippen LogP) is 6.20. The molecule has 2 amide bonds. The number of rotatable bonds is 6. The SMILES string of the molecule is C[C@H]1CC[C@@H](C(=O)OCC(=O)c2ccc3c(c2)COc2cc4c(cc2-3)CCC(OC(=O)[C@@H]2CCCN2C(=O)OC(C)(C)C)C4=O)N1C(=O)OC(C)(C)C. The molecule has 284 valence electrons. The highest BCUT2D eigenvalue weighted by atomic mass is 16.6. The van der Waals surface area contributed by atoms with E-state index < -0.39 is 65.9 Å². The summed E-state index contributed by atoms with van der Waals surface area (Å²) in [6.07, 6.45) is 0.717. The van der Waals surface area contributed by atoms with Crippen LogP contribution in [0.3, 0.4) is 0 Å². The van der Waals surface area contributed by atoms with Gasteiger partial charge in [0.1, 0.15) is 35.6 Å². The first kappa shape index (κ1) is 37.8. The number of benzene rings is 2. The standard InChI is InChI=1S/C40H48N2O11/c1-22-10-14-30(42(22)38(48)53-40(5,6)7)35(45)50-21-31(43)24-11-13-26-25(17-24)20-49-33-19-27-23(18-28(26)33)12-15-32(34(27)44)51-36(46)29-9-8-16-41(29)37(47)52-39(2,3)4/h11,13,17-19,22,29-30,32H,8-10,12,14-16,20-21H2,1-7H3/t22-,29-,30-,32?/m0/s1. The van der Waals surface area contributed by atoms with Gasteiger partial charge in [0.2, 0.25) is 5.78 Å². The van der Waals surface area contributed by atoms with Crippen LogP contribution in [0.15, 0.2) is 30.3 Å². The van der Waals surface area contributed by atoms with Crippen LogP contribution in [-0.2, 0) is 41.6 Å². The van der Waals surface area contributed by atoms with E-state index in [4.69, 9.17) is 23.7 Å². The van der Waals surface area contributed by atoms with Crippen molar-refractivity contribution in [2.45, 2.75) is 129 Å². The van der Waals surface area contributed by atoms with Crippen molar-refractivity contribution in [1.29, 1.82) is 0 Å². The van der Waals surface area contributed by atoms with Crippen molar-refractivity contribution in [2.75, 3.05) is 13.2 Å². The molecule has 2 fully saturated rings. The number of fused-ring (bicyclic) bond motifs is 4. The monoisotopic (exact) mass is 732 g/mol. The van der Waals surface area contributed by atoms with Gasteiger partial charge in [-0.2, -0.15) is 0 Å². The summed E-state index contributed by atoms with van der Waals surface area (Å²) in [4.78, 5) is 81.3. The number of Topliss-reactive ketones (excluding diaryl/α,β-unsaturated/α-hetero) is 2. The molecule has 0 radical (unpaired) electrons. The van der Waals surface area contributed by atoms with E-state index in [9.17, 15) is 28.8 Å². The van der Waals surface area contributed by atoms with Crippen LogP contribution in [0, 0.1) is 0 Å². The summed E-state index contributed by atoms with van der Waals surface area (Å²) < 4.78 is 28.2. The van der Waals surface area contributed by atoms with Crippen LogP contribution < -0.4 is 4.74 Å². The zero-order valence-corrected chi connectivity index (χ0v) is 31.4. The van der Waals surface area contributed by atoms with Gasteiger partial charge in [0.05, 0.1) is 0 Å². The minimum Gasteiger partial charge on any atom is -0.488 e. The Bertz CT molecular complexity index is 1840. The molecule has 0 bridgehead atoms. The van der Waals surface area contributed by atoms with Crippen molar-refractivity contribution in [3.05, 3.63) is 52.6 Å². The van der Waals surface area contributed by atoms with Crippen molar-refractivity contribution in [3.8, 4) is 16.9 Å². The van der Waals surface area contributed by atoms with Gasteiger partial charge in [-0.05, 0) is 122 Å². The molecule has 0 spiro atoms. The van der Waals surface area contributed by atoms with Crippen LogP contribution in [0.4, 0.5) is 9.59 Å². The Kier molecular flexibility index (Phi) is 10.3. The molecule has 53 heavy (non-hydrogen) atoms. The molecule has 4 aliphatic rings. The number of hydrogen-bond donors (Lipinski definition) is 0. The molecule has 0 saturated carbocycles. The summed E-state index contributed by atoms with van der Waals surface area (Å²) in [5.41, 5.74) is 2.51. The fourth-order valence-corrected chi connectivity index (χ4v) is 7.32. The second-order valence-electron chi connectivity index (χ2n) is 16.2. The van der Waals surface area contributed by atoms with Gasteiger partial charge in [0.25, 0.3) is 0 Å². The first-order chi connectivity index (χ1) is 24.9. The van der Waals surface area contributed by atoms with E-state index in [1.807, 2.05) is 19.1 Å². The quantitative estimate of drug-likeness (QED) is 0.189. The van der Waals surface area contributed by atoms with Crippen LogP contribution in [0.2, 0.25) is 0 Å². The molecule has 0 aromatic heterocycles. The van der Waals surface area contributed by atoms with Gasteiger partial charge in [-0.3, -0.25) is 19.4 Å². The highest BCUT2D eigenvalue weighted by Gasteiger charge is 2.43. The molecule has 2 aromatic carbocycles. The molecule has 4 atom stereocenters. The Morgan fingerprint density at radius 2 is 1.51 bits per heavy atom. The van der Waals surface area contributed by atoms with Crippen molar-refractivity contribution in [3.63, 3.8) is 0 Å². The second kappa shape index (κ2) is 14.5. The first-order valence-electron chi connectivity index (χ1n) is 18.3. The molecule has 2 saturated heterocycles. The summed E-state index contributed by atoms with van der Waals surface area (Å²) in [6.45, 7) is 12.4. The third-order valence-electron chi connectivity index (χ3n) is 9.84. The van der Waals surface area contributed by atoms with E-state index in [1.54, 1.807) is 59.7 Å². The molecule has 1 unspecified atom stereocenters. The minimum absolute atomic E-state index is 0.140. The number of nitrogens with zero attached hydrogens (tertiary/aromatic N) is 2. The molecule has 0 N–H and O–H groups in total. The van der Waals surface area contributed by atoms with Gasteiger partial charge in [0, 0.05) is 29.3 Å². The smallest absolute Gasteiger partial charge is 0.411 e. The molecule has 13 nitrogen and oxygen atoms in total. The number of amides is 2. The fourth-order valence-electron chi connectivity index (χ4n) is 7.32. The summed E-state index contributed by atoms with van der Waals surface area (Å²) in [6, 6.07) is 6.93. The van der Waals surface area contributed by atoms with Gasteiger partial charge in [-0.1, -0.05) is 12.1 Å². The fraction of sp³-hybridized carbons (Fsp3) is 0.550. The molecule has 2 aromatic rings. The average Bonchev–Trinajstić information content (AvgIpc) is 3.73. The van der Waals surface area contributed by atoms with E-state index in [-0.39, 0.29) is 18.4 Å². The Hall–Kier alpha value is -4.94. The van der Waals surface area contributed by atoms with Gasteiger partial charge in [-0.15, -0.1) is 0 Å². The maximum Gasteiger partial charge on any atom is 0.411 e. The number of ketones is 2. The van der Waals surface area contributed by atoms with E-state index in [0.717, 1.165) is 22.3 Å². The van der Waals surface area contributed by atoms with E-state index >= 15 is 0 Å². The Balaban J connectivity index is 1.09. The predicted molar refractivity (Wildman–Crippen MR) is 191 cm³/mol. The molecular formula is C40H48N2O11. The Labute approximate surface area is 309 Å². The van der Waals surface area contributed by atoms with E-state index in [2.05, 4.69) is 0 Å². The second-order valence-corrected chi connectivity index (χ2v) is 16.2. The van der Waals surface area contributed by atoms with Crippen LogP contribution in [0.25, 0.3) is 11.1 Å². The van der Waals surface area contributed by atoms with Gasteiger partial charge in [0.15, 0.2) is 18.5 Å². The highest BCUT2D eigenvalue weighted by Crippen LogP contribution is 2.42. The zero-order chi connectivity index (χ0) is 38.4. The van der Waals surface area contributed by atoms with E-state index in [0.29, 0.717) is 61.9 Å². The zero-order valence-electron chi connectivity index (χ0n) is 31.4. The lowest BCUT2D eigenvalue weighted by molar-refractivity contribution is -0.152. The molecule has 1 aliphatic carbocycles. The molecule has 3 heterocycles. The van der Waals surface area contributed by atoms with Crippen molar-refractivity contribution in [2.24, 2.45) is 0 Å². The maximum absolute atomic E-state index is 13.6. The van der Waals surface area contributed by atoms with Crippen LogP contribution in [0.5, 0.6) is 5.75 Å². The summed E-state index contributed by atoms with van der Waals surface area (Å²) >= 11 is 0. The summed E-state index contributed by atoms with van der Waals surface area (Å²) in [5, 5.41) is 0. The number of carbonyl (C=O) groups excluding carboxylic acids is 6. The van der Waals surface area contributed by atoms with Crippen molar-refractivity contribution >= 4 is 35.7 Å². The third-order valence-corrected chi connectivity index (χ3v) is 9.84. The maximum atomic E-state index is 13.6. The lowest BCUT2D eigenvalue weighted by Gasteiger charge is -2.30. The first-order valence-corrected chi connectivity index (χ1v) is 18.3. The largest absolute Gasteiger partial charge is 0.488 e. The number of aryl methyl sites for hydroxylation is 1. The number of carbonyl (C=O) groups is 6. The van der Waals surface area contributed by atoms with Gasteiger partial charge in [-0.25, -0.2) is 19.2 Å². The lowest BCUT2D eigenvalue weighted by atomic mass is 9.84. The van der Waals surface area contributed by atoms with Gasteiger partial charge >= 0.3 is 24.1 Å². The highest BCUT2D eigenvalue weighted by molar-refractivity contribution is 6.04. The van der Waals surface area contributed by atoms with Crippen LogP contribution >= 0.6 is 0 Å². The van der Waals surface area contributed by atoms with Crippen LogP contribution in [-0.4, -0.2) is 94.1 Å². The third kappa shape index (κ3) is 8.18. The average molecular weight is 733 g/mol. The normalized spacial score (nSPS) is 22.2. The van der Waals surface area contributed by atoms with Crippen molar-refractivity contribution in [1.82, 2.24) is 9.80 Å². The number of esters is 2. The topological polar surface area (TPSA) is 155 Å². The number of hydrogen-bond acceptors (Lipinski definition) is 11. The molecular weight excluding hydrogens is 684 g/mol. The van der Waals surface area contributed by atoms with Gasteiger partial charge < -0.3 is 23.7 Å². The molecule has 13 heteroatoms. The molecule has 6 rings (SSSR count). The number of likely N-dealkylation sites (tertiary alicyclic amines) is 2. The van der Waals surface area contributed by atoms with Crippen molar-refractivity contribution < 1.29 is 52.5 Å². The Morgan fingerprint density at radius 1 is 0.792 bits per heavy atom. The minimum atomic E-state index is -0.981. The number of ether oxygens (including phenoxy) is 5. The summed E-state index contributed by atoms with van der Waals surface area (Å²) in [5.74, 6) is -1.49. The Morgan fingerprint density at radius 3 is 2.23 bits per heavy atom.